The average molecular weight is 240 g/mol. The van der Waals surface area contributed by atoms with E-state index in [2.05, 4.69) is 15.3 Å². The van der Waals surface area contributed by atoms with E-state index in [1.165, 1.54) is 0 Å². The number of fused-ring (bicyclic) bond motifs is 1. The lowest BCUT2D eigenvalue weighted by molar-refractivity contribution is 0.276. The van der Waals surface area contributed by atoms with Gasteiger partial charge < -0.3 is 5.11 Å². The van der Waals surface area contributed by atoms with Crippen molar-refractivity contribution in [2.24, 2.45) is 0 Å². The molecule has 1 N–H and O–H groups in total. The maximum Gasteiger partial charge on any atom is 0.108 e. The van der Waals surface area contributed by atoms with Crippen molar-refractivity contribution >= 4 is 10.9 Å². The number of benzene rings is 1. The van der Waals surface area contributed by atoms with Gasteiger partial charge in [0.05, 0.1) is 30.6 Å². The van der Waals surface area contributed by atoms with Gasteiger partial charge in [0.2, 0.25) is 0 Å². The molecular weight excluding hydrogens is 228 g/mol. The van der Waals surface area contributed by atoms with Crippen LogP contribution in [0.1, 0.15) is 11.4 Å². The van der Waals surface area contributed by atoms with E-state index in [4.69, 9.17) is 5.11 Å². The predicted molar refractivity (Wildman–Crippen MR) is 66.8 cm³/mol. The SMILES string of the molecule is OCc1cn(Cc2ccc3ccccc3n2)nn1. The van der Waals surface area contributed by atoms with Crippen LogP contribution in [0.2, 0.25) is 0 Å². The van der Waals surface area contributed by atoms with Crippen molar-refractivity contribution in [1.29, 1.82) is 0 Å². The molecular formula is C13H12N4O. The largest absolute Gasteiger partial charge is 0.390 e. The van der Waals surface area contributed by atoms with E-state index in [0.717, 1.165) is 16.6 Å². The molecule has 2 aromatic heterocycles. The molecule has 5 heteroatoms. The molecule has 3 aromatic rings. The van der Waals surface area contributed by atoms with Gasteiger partial charge in [0, 0.05) is 5.39 Å². The first-order valence-electron chi connectivity index (χ1n) is 5.70. The van der Waals surface area contributed by atoms with Crippen LogP contribution in [-0.2, 0) is 13.2 Å². The Kier molecular flexibility index (Phi) is 2.74. The minimum absolute atomic E-state index is 0.0921. The summed E-state index contributed by atoms with van der Waals surface area (Å²) in [5.41, 5.74) is 2.45. The van der Waals surface area contributed by atoms with E-state index in [-0.39, 0.29) is 6.61 Å². The number of nitrogens with zero attached hydrogens (tertiary/aromatic N) is 4. The van der Waals surface area contributed by atoms with E-state index in [9.17, 15) is 0 Å². The molecule has 18 heavy (non-hydrogen) atoms. The van der Waals surface area contributed by atoms with Gasteiger partial charge in [0.1, 0.15) is 5.69 Å². The summed E-state index contributed by atoms with van der Waals surface area (Å²) in [5, 5.41) is 17.8. The van der Waals surface area contributed by atoms with Crippen molar-refractivity contribution in [1.82, 2.24) is 20.0 Å². The fraction of sp³-hybridized carbons (Fsp3) is 0.154. The van der Waals surface area contributed by atoms with Crippen LogP contribution in [0, 0.1) is 0 Å². The Balaban J connectivity index is 1.90. The molecule has 0 radical (unpaired) electrons. The maximum absolute atomic E-state index is 8.93. The molecule has 0 amide bonds. The molecule has 0 saturated heterocycles. The third kappa shape index (κ3) is 2.08. The zero-order valence-corrected chi connectivity index (χ0v) is 9.69. The van der Waals surface area contributed by atoms with Gasteiger partial charge in [-0.1, -0.05) is 29.5 Å². The summed E-state index contributed by atoms with van der Waals surface area (Å²) in [6, 6.07) is 12.0. The predicted octanol–water partition coefficient (Wildman–Crippen LogP) is 1.37. The third-order valence-electron chi connectivity index (χ3n) is 2.73. The Morgan fingerprint density at radius 3 is 2.78 bits per heavy atom. The zero-order chi connectivity index (χ0) is 12.4. The van der Waals surface area contributed by atoms with Gasteiger partial charge in [-0.05, 0) is 12.1 Å². The van der Waals surface area contributed by atoms with Gasteiger partial charge in [0.15, 0.2) is 0 Å². The van der Waals surface area contributed by atoms with E-state index in [0.29, 0.717) is 12.2 Å². The van der Waals surface area contributed by atoms with Gasteiger partial charge in [-0.2, -0.15) is 0 Å². The number of aromatic nitrogens is 4. The molecule has 0 atom stereocenters. The Bertz CT molecular complexity index is 677. The Morgan fingerprint density at radius 2 is 1.94 bits per heavy atom. The van der Waals surface area contributed by atoms with Crippen LogP contribution < -0.4 is 0 Å². The lowest BCUT2D eigenvalue weighted by Crippen LogP contribution is -2.02. The fourth-order valence-electron chi connectivity index (χ4n) is 1.85. The minimum Gasteiger partial charge on any atom is -0.390 e. The summed E-state index contributed by atoms with van der Waals surface area (Å²) in [6.07, 6.45) is 1.72. The molecule has 3 rings (SSSR count). The van der Waals surface area contributed by atoms with Gasteiger partial charge >= 0.3 is 0 Å². The first kappa shape index (κ1) is 10.9. The molecule has 2 heterocycles. The van der Waals surface area contributed by atoms with E-state index in [1.807, 2.05) is 36.4 Å². The van der Waals surface area contributed by atoms with Crippen molar-refractivity contribution in [3.63, 3.8) is 0 Å². The molecule has 0 spiro atoms. The summed E-state index contributed by atoms with van der Waals surface area (Å²) in [5.74, 6) is 0. The molecule has 0 aliphatic rings. The van der Waals surface area contributed by atoms with Crippen LogP contribution in [-0.4, -0.2) is 25.1 Å². The molecule has 90 valence electrons. The van der Waals surface area contributed by atoms with Gasteiger partial charge in [-0.3, -0.25) is 4.98 Å². The Labute approximate surface area is 104 Å². The van der Waals surface area contributed by atoms with E-state index in [1.54, 1.807) is 10.9 Å². The summed E-state index contributed by atoms with van der Waals surface area (Å²) < 4.78 is 1.67. The number of pyridine rings is 1. The van der Waals surface area contributed by atoms with Crippen molar-refractivity contribution in [2.45, 2.75) is 13.2 Å². The number of aliphatic hydroxyl groups excluding tert-OH is 1. The summed E-state index contributed by atoms with van der Waals surface area (Å²) in [7, 11) is 0. The van der Waals surface area contributed by atoms with Crippen LogP contribution in [0.25, 0.3) is 10.9 Å². The monoisotopic (exact) mass is 240 g/mol. The molecule has 0 unspecified atom stereocenters. The van der Waals surface area contributed by atoms with E-state index >= 15 is 0 Å². The van der Waals surface area contributed by atoms with Crippen molar-refractivity contribution in [3.8, 4) is 0 Å². The maximum atomic E-state index is 8.93. The molecule has 5 nitrogen and oxygen atoms in total. The van der Waals surface area contributed by atoms with Crippen LogP contribution in [0.3, 0.4) is 0 Å². The highest BCUT2D eigenvalue weighted by Gasteiger charge is 2.02. The number of para-hydroxylation sites is 1. The summed E-state index contributed by atoms with van der Waals surface area (Å²) >= 11 is 0. The highest BCUT2D eigenvalue weighted by atomic mass is 16.3. The highest BCUT2D eigenvalue weighted by Crippen LogP contribution is 2.12. The number of aliphatic hydroxyl groups is 1. The molecule has 0 bridgehead atoms. The standard InChI is InChI=1S/C13H12N4O/c18-9-12-8-17(16-15-12)7-11-6-5-10-3-1-2-4-13(10)14-11/h1-6,8,18H,7,9H2. The smallest absolute Gasteiger partial charge is 0.108 e. The average Bonchev–Trinajstić information content (AvgIpc) is 2.86. The minimum atomic E-state index is -0.0921. The summed E-state index contributed by atoms with van der Waals surface area (Å²) in [4.78, 5) is 4.55. The van der Waals surface area contributed by atoms with Gasteiger partial charge in [-0.25, -0.2) is 4.68 Å². The van der Waals surface area contributed by atoms with Gasteiger partial charge in [-0.15, -0.1) is 5.10 Å². The van der Waals surface area contributed by atoms with Crippen molar-refractivity contribution < 1.29 is 5.11 Å². The second-order valence-corrected chi connectivity index (χ2v) is 4.06. The lowest BCUT2D eigenvalue weighted by Gasteiger charge is -2.02. The first-order chi connectivity index (χ1) is 8.85. The first-order valence-corrected chi connectivity index (χ1v) is 5.70. The fourth-order valence-corrected chi connectivity index (χ4v) is 1.85. The van der Waals surface area contributed by atoms with E-state index < -0.39 is 0 Å². The topological polar surface area (TPSA) is 63.8 Å². The van der Waals surface area contributed by atoms with Crippen LogP contribution in [0.15, 0.2) is 42.6 Å². The zero-order valence-electron chi connectivity index (χ0n) is 9.69. The van der Waals surface area contributed by atoms with Crippen LogP contribution >= 0.6 is 0 Å². The van der Waals surface area contributed by atoms with Crippen LogP contribution in [0.4, 0.5) is 0 Å². The molecule has 0 fully saturated rings. The third-order valence-corrected chi connectivity index (χ3v) is 2.73. The molecule has 1 aromatic carbocycles. The Hall–Kier alpha value is -2.27. The number of rotatable bonds is 3. The second kappa shape index (κ2) is 4.54. The molecule has 0 aliphatic carbocycles. The Morgan fingerprint density at radius 1 is 1.06 bits per heavy atom. The molecule has 0 aliphatic heterocycles. The number of hydrogen-bond donors (Lipinski definition) is 1. The quantitative estimate of drug-likeness (QED) is 0.751. The molecule has 0 saturated carbocycles. The normalized spacial score (nSPS) is 10.9. The van der Waals surface area contributed by atoms with Crippen molar-refractivity contribution in [2.75, 3.05) is 0 Å². The van der Waals surface area contributed by atoms with Gasteiger partial charge in [0.25, 0.3) is 0 Å². The summed E-state index contributed by atoms with van der Waals surface area (Å²) in [6.45, 7) is 0.461. The van der Waals surface area contributed by atoms with Crippen LogP contribution in [0.5, 0.6) is 0 Å². The second-order valence-electron chi connectivity index (χ2n) is 4.06. The van der Waals surface area contributed by atoms with Crippen molar-refractivity contribution in [3.05, 3.63) is 54.0 Å². The lowest BCUT2D eigenvalue weighted by atomic mass is 10.2. The highest BCUT2D eigenvalue weighted by molar-refractivity contribution is 5.78. The number of hydrogen-bond acceptors (Lipinski definition) is 4.